The summed E-state index contributed by atoms with van der Waals surface area (Å²) in [7, 11) is 0. The summed E-state index contributed by atoms with van der Waals surface area (Å²) >= 11 is 1.60. The molecule has 2 atom stereocenters. The van der Waals surface area contributed by atoms with Crippen molar-refractivity contribution in [2.75, 3.05) is 5.32 Å². The highest BCUT2D eigenvalue weighted by molar-refractivity contribution is 7.16. The Morgan fingerprint density at radius 3 is 2.82 bits per heavy atom. The number of nitrogens with zero attached hydrogens (tertiary/aromatic N) is 1. The monoisotopic (exact) mass is 315 g/mol. The number of thiazole rings is 1. The number of nitrogens with one attached hydrogen (secondary N) is 1. The standard InChI is InChI=1S/C17H21N3OS/c18-16-10-2-1-3-11(16)7-12(6-10)17(21)20-13-4-5-14-15(8-13)22-9-19-14/h4-5,8-12,16H,1-3,6-7,18H2,(H,20,21). The van der Waals surface area contributed by atoms with Crippen LogP contribution in [0.1, 0.15) is 32.1 Å². The molecule has 2 fully saturated rings. The van der Waals surface area contributed by atoms with Gasteiger partial charge in [0, 0.05) is 17.6 Å². The Hall–Kier alpha value is -1.46. The van der Waals surface area contributed by atoms with Gasteiger partial charge in [0.2, 0.25) is 5.91 Å². The van der Waals surface area contributed by atoms with Crippen LogP contribution in [0.2, 0.25) is 0 Å². The average Bonchev–Trinajstić information content (AvgIpc) is 2.94. The number of nitrogens with two attached hydrogens (primary N) is 1. The van der Waals surface area contributed by atoms with Crippen molar-refractivity contribution >= 4 is 33.1 Å². The highest BCUT2D eigenvalue weighted by atomic mass is 32.1. The second kappa shape index (κ2) is 5.63. The van der Waals surface area contributed by atoms with Gasteiger partial charge >= 0.3 is 0 Å². The highest BCUT2D eigenvalue weighted by Gasteiger charge is 2.40. The summed E-state index contributed by atoms with van der Waals surface area (Å²) in [5.74, 6) is 1.35. The van der Waals surface area contributed by atoms with Crippen LogP contribution in [0.4, 0.5) is 5.69 Å². The van der Waals surface area contributed by atoms with Gasteiger partial charge in [-0.1, -0.05) is 6.42 Å². The maximum absolute atomic E-state index is 12.6. The largest absolute Gasteiger partial charge is 0.327 e. The summed E-state index contributed by atoms with van der Waals surface area (Å²) in [4.78, 5) is 16.9. The Labute approximate surface area is 134 Å². The van der Waals surface area contributed by atoms with Crippen molar-refractivity contribution in [3.63, 3.8) is 0 Å². The summed E-state index contributed by atoms with van der Waals surface area (Å²) in [5, 5.41) is 3.10. The molecule has 0 radical (unpaired) electrons. The van der Waals surface area contributed by atoms with Crippen molar-refractivity contribution in [2.24, 2.45) is 23.5 Å². The first-order valence-electron chi connectivity index (χ1n) is 8.10. The van der Waals surface area contributed by atoms with Crippen molar-refractivity contribution in [3.8, 4) is 0 Å². The van der Waals surface area contributed by atoms with Crippen LogP contribution in [-0.4, -0.2) is 16.9 Å². The average molecular weight is 315 g/mol. The van der Waals surface area contributed by atoms with Gasteiger partial charge in [-0.15, -0.1) is 11.3 Å². The third-order valence-corrected chi connectivity index (χ3v) is 6.17. The van der Waals surface area contributed by atoms with Crippen LogP contribution in [0.15, 0.2) is 23.7 Å². The molecule has 2 aliphatic carbocycles. The van der Waals surface area contributed by atoms with Gasteiger partial charge in [0.25, 0.3) is 0 Å². The minimum Gasteiger partial charge on any atom is -0.327 e. The van der Waals surface area contributed by atoms with Gasteiger partial charge in [0.1, 0.15) is 0 Å². The number of rotatable bonds is 2. The number of fused-ring (bicyclic) bond motifs is 3. The molecule has 1 amide bonds. The van der Waals surface area contributed by atoms with E-state index >= 15 is 0 Å². The van der Waals surface area contributed by atoms with Crippen LogP contribution in [-0.2, 0) is 4.79 Å². The molecule has 1 aromatic carbocycles. The topological polar surface area (TPSA) is 68.0 Å². The molecule has 5 heteroatoms. The van der Waals surface area contributed by atoms with E-state index in [4.69, 9.17) is 5.73 Å². The van der Waals surface area contributed by atoms with Gasteiger partial charge in [-0.25, -0.2) is 4.98 Å². The van der Waals surface area contributed by atoms with E-state index in [1.807, 2.05) is 23.7 Å². The van der Waals surface area contributed by atoms with Crippen molar-refractivity contribution in [2.45, 2.75) is 38.1 Å². The van der Waals surface area contributed by atoms with Crippen LogP contribution in [0.3, 0.4) is 0 Å². The fraction of sp³-hybridized carbons (Fsp3) is 0.529. The Morgan fingerprint density at radius 2 is 2.05 bits per heavy atom. The molecule has 2 bridgehead atoms. The quantitative estimate of drug-likeness (QED) is 0.892. The molecular formula is C17H21N3OS. The second-order valence-corrected chi connectivity index (χ2v) is 7.61. The Morgan fingerprint density at radius 1 is 1.27 bits per heavy atom. The number of amides is 1. The molecule has 0 aliphatic heterocycles. The summed E-state index contributed by atoms with van der Waals surface area (Å²) in [6.07, 6.45) is 5.56. The first-order chi connectivity index (χ1) is 10.7. The number of hydrogen-bond acceptors (Lipinski definition) is 4. The molecule has 0 saturated heterocycles. The maximum Gasteiger partial charge on any atom is 0.227 e. The molecule has 2 saturated carbocycles. The second-order valence-electron chi connectivity index (χ2n) is 6.72. The molecule has 4 rings (SSSR count). The van der Waals surface area contributed by atoms with Crippen molar-refractivity contribution in [1.82, 2.24) is 4.98 Å². The molecule has 4 nitrogen and oxygen atoms in total. The van der Waals surface area contributed by atoms with E-state index in [0.29, 0.717) is 17.9 Å². The van der Waals surface area contributed by atoms with Gasteiger partial charge in [0.15, 0.2) is 0 Å². The molecule has 22 heavy (non-hydrogen) atoms. The predicted octanol–water partition coefficient (Wildman–Crippen LogP) is 3.39. The molecule has 2 unspecified atom stereocenters. The third-order valence-electron chi connectivity index (χ3n) is 5.38. The minimum absolute atomic E-state index is 0.118. The molecular weight excluding hydrogens is 294 g/mol. The zero-order valence-electron chi connectivity index (χ0n) is 12.5. The van der Waals surface area contributed by atoms with Crippen molar-refractivity contribution in [3.05, 3.63) is 23.7 Å². The lowest BCUT2D eigenvalue weighted by molar-refractivity contribution is -0.122. The van der Waals surface area contributed by atoms with Gasteiger partial charge in [-0.05, 0) is 55.7 Å². The Bertz CT molecular complexity index is 684. The zero-order valence-corrected chi connectivity index (χ0v) is 13.3. The van der Waals surface area contributed by atoms with Gasteiger partial charge in [-0.3, -0.25) is 4.79 Å². The first-order valence-corrected chi connectivity index (χ1v) is 8.98. The van der Waals surface area contributed by atoms with E-state index in [0.717, 1.165) is 28.7 Å². The normalized spacial score (nSPS) is 31.1. The van der Waals surface area contributed by atoms with Crippen LogP contribution < -0.4 is 11.1 Å². The van der Waals surface area contributed by atoms with Crippen LogP contribution >= 0.6 is 11.3 Å². The summed E-state index contributed by atoms with van der Waals surface area (Å²) < 4.78 is 1.11. The molecule has 1 heterocycles. The lowest BCUT2D eigenvalue weighted by Gasteiger charge is -2.43. The predicted molar refractivity (Wildman–Crippen MR) is 89.8 cm³/mol. The van der Waals surface area contributed by atoms with Crippen molar-refractivity contribution in [1.29, 1.82) is 0 Å². The number of anilines is 1. The molecule has 1 aromatic heterocycles. The summed E-state index contributed by atoms with van der Waals surface area (Å²) in [6, 6.07) is 6.23. The zero-order chi connectivity index (χ0) is 15.1. The lowest BCUT2D eigenvalue weighted by atomic mass is 9.65. The number of hydrogen-bond donors (Lipinski definition) is 2. The van der Waals surface area contributed by atoms with E-state index in [-0.39, 0.29) is 11.8 Å². The SMILES string of the molecule is NC1C2CCCC1CC(C(=O)Nc1ccc3ncsc3c1)C2. The summed E-state index contributed by atoms with van der Waals surface area (Å²) in [5.41, 5.74) is 10.0. The highest BCUT2D eigenvalue weighted by Crippen LogP contribution is 2.42. The van der Waals surface area contributed by atoms with E-state index in [1.165, 1.54) is 19.3 Å². The number of benzene rings is 1. The van der Waals surface area contributed by atoms with Crippen molar-refractivity contribution < 1.29 is 4.79 Å². The first kappa shape index (κ1) is 14.2. The third kappa shape index (κ3) is 2.52. The van der Waals surface area contributed by atoms with Gasteiger partial charge < -0.3 is 11.1 Å². The lowest BCUT2D eigenvalue weighted by Crippen LogP contribution is -2.48. The number of aromatic nitrogens is 1. The molecule has 3 N–H and O–H groups in total. The van der Waals surface area contributed by atoms with Gasteiger partial charge in [0.05, 0.1) is 15.7 Å². The minimum atomic E-state index is 0.118. The van der Waals surface area contributed by atoms with E-state index in [2.05, 4.69) is 10.3 Å². The maximum atomic E-state index is 12.6. The van der Waals surface area contributed by atoms with Crippen LogP contribution in [0.5, 0.6) is 0 Å². The molecule has 0 spiro atoms. The van der Waals surface area contributed by atoms with E-state index < -0.39 is 0 Å². The van der Waals surface area contributed by atoms with E-state index in [1.54, 1.807) is 11.3 Å². The molecule has 2 aromatic rings. The molecule has 2 aliphatic rings. The fourth-order valence-corrected chi connectivity index (χ4v) is 4.90. The summed E-state index contributed by atoms with van der Waals surface area (Å²) in [6.45, 7) is 0. The fourth-order valence-electron chi connectivity index (χ4n) is 4.18. The van der Waals surface area contributed by atoms with Crippen LogP contribution in [0, 0.1) is 17.8 Å². The Balaban J connectivity index is 1.47. The van der Waals surface area contributed by atoms with E-state index in [9.17, 15) is 4.79 Å². The number of carbonyl (C=O) groups excluding carboxylic acids is 1. The molecule has 116 valence electrons. The smallest absolute Gasteiger partial charge is 0.227 e. The number of carbonyl (C=O) groups is 1. The van der Waals surface area contributed by atoms with Gasteiger partial charge in [-0.2, -0.15) is 0 Å². The van der Waals surface area contributed by atoms with Crippen LogP contribution in [0.25, 0.3) is 10.2 Å². The Kier molecular flexibility index (Phi) is 3.62.